The highest BCUT2D eigenvalue weighted by molar-refractivity contribution is 6.24. The standard InChI is InChI=1S/C28H26N2O5/c31-22-11-5-4-9-19(22)29-20-10-6-12-23(32)27(20)24(33)14-13-21-28-25(34)15-18(16-26(28)35-30-21)17-7-2-1-3-8-17/h1-5,7-9,11,18,31,33H,6,10,12-16H2/b27-24+,29-20?. The number of aryl methyl sites for hydroxylation is 1. The molecule has 0 bridgehead atoms. The molecule has 0 aliphatic heterocycles. The SMILES string of the molecule is O=C1CCCC(=Nc2ccccc2O)/C1=C(\O)CCc1noc2c1C(=O)CC(c1ccccc1)C2. The number of hydrogen-bond donors (Lipinski definition) is 2. The van der Waals surface area contributed by atoms with Crippen molar-refractivity contribution in [2.45, 2.75) is 50.9 Å². The Balaban J connectivity index is 1.37. The minimum atomic E-state index is -0.174. The number of phenols is 1. The van der Waals surface area contributed by atoms with Gasteiger partial charge in [0.25, 0.3) is 0 Å². The molecule has 1 heterocycles. The fourth-order valence-electron chi connectivity index (χ4n) is 4.90. The Kier molecular flexibility index (Phi) is 6.31. The van der Waals surface area contributed by atoms with Gasteiger partial charge in [-0.1, -0.05) is 47.6 Å². The van der Waals surface area contributed by atoms with Crippen molar-refractivity contribution in [3.63, 3.8) is 0 Å². The van der Waals surface area contributed by atoms with Crippen LogP contribution in [0.4, 0.5) is 5.69 Å². The summed E-state index contributed by atoms with van der Waals surface area (Å²) in [5.74, 6) is 0.378. The zero-order valence-electron chi connectivity index (χ0n) is 19.2. The Morgan fingerprint density at radius 1 is 1.00 bits per heavy atom. The van der Waals surface area contributed by atoms with E-state index >= 15 is 0 Å². The number of benzene rings is 2. The molecule has 2 aliphatic rings. The Morgan fingerprint density at radius 2 is 1.77 bits per heavy atom. The van der Waals surface area contributed by atoms with Crippen molar-refractivity contribution >= 4 is 23.0 Å². The van der Waals surface area contributed by atoms with E-state index in [2.05, 4.69) is 10.1 Å². The molecule has 1 saturated carbocycles. The number of aliphatic hydroxyl groups is 1. The van der Waals surface area contributed by atoms with E-state index < -0.39 is 0 Å². The first kappa shape index (κ1) is 22.8. The number of aromatic nitrogens is 1. The lowest BCUT2D eigenvalue weighted by atomic mass is 9.81. The zero-order valence-corrected chi connectivity index (χ0v) is 19.2. The number of carbonyl (C=O) groups is 2. The molecule has 2 aliphatic carbocycles. The molecule has 5 rings (SSSR count). The van der Waals surface area contributed by atoms with Gasteiger partial charge in [0.1, 0.15) is 23.0 Å². The number of aliphatic hydroxyl groups excluding tert-OH is 1. The van der Waals surface area contributed by atoms with Crippen LogP contribution in [-0.2, 0) is 17.6 Å². The highest BCUT2D eigenvalue weighted by atomic mass is 16.5. The van der Waals surface area contributed by atoms with E-state index in [-0.39, 0.29) is 47.4 Å². The van der Waals surface area contributed by atoms with Gasteiger partial charge in [-0.3, -0.25) is 9.59 Å². The maximum Gasteiger partial charge on any atom is 0.168 e. The number of aliphatic imine (C=N–C) groups is 1. The number of Topliss-reactive ketones (excluding diaryl/α,β-unsaturated/α-hetero) is 2. The Labute approximate surface area is 202 Å². The molecule has 0 radical (unpaired) electrons. The second-order valence-electron chi connectivity index (χ2n) is 9.01. The predicted molar refractivity (Wildman–Crippen MR) is 130 cm³/mol. The number of hydrogen-bond acceptors (Lipinski definition) is 7. The third-order valence-electron chi connectivity index (χ3n) is 6.66. The van der Waals surface area contributed by atoms with Crippen molar-refractivity contribution in [1.82, 2.24) is 5.16 Å². The van der Waals surface area contributed by atoms with Crippen LogP contribution in [0.1, 0.15) is 65.4 Å². The van der Waals surface area contributed by atoms with Gasteiger partial charge in [-0.2, -0.15) is 0 Å². The molecule has 0 amide bonds. The van der Waals surface area contributed by atoms with Crippen LogP contribution in [0.25, 0.3) is 0 Å². The van der Waals surface area contributed by atoms with Gasteiger partial charge >= 0.3 is 0 Å². The molecular weight excluding hydrogens is 444 g/mol. The van der Waals surface area contributed by atoms with Crippen LogP contribution < -0.4 is 0 Å². The van der Waals surface area contributed by atoms with Crippen molar-refractivity contribution in [3.05, 3.63) is 88.5 Å². The summed E-state index contributed by atoms with van der Waals surface area (Å²) in [4.78, 5) is 30.1. The summed E-state index contributed by atoms with van der Waals surface area (Å²) < 4.78 is 5.53. The fraction of sp³-hybridized carbons (Fsp3) is 0.286. The molecular formula is C28H26N2O5. The minimum absolute atomic E-state index is 0.0124. The molecule has 1 fully saturated rings. The van der Waals surface area contributed by atoms with E-state index in [1.54, 1.807) is 18.2 Å². The van der Waals surface area contributed by atoms with Crippen LogP contribution >= 0.6 is 0 Å². The van der Waals surface area contributed by atoms with Crippen LogP contribution in [0.2, 0.25) is 0 Å². The van der Waals surface area contributed by atoms with Crippen LogP contribution in [0.5, 0.6) is 5.75 Å². The lowest BCUT2D eigenvalue weighted by Crippen LogP contribution is -2.21. The molecule has 2 N–H and O–H groups in total. The highest BCUT2D eigenvalue weighted by Crippen LogP contribution is 2.35. The quantitative estimate of drug-likeness (QED) is 0.373. The van der Waals surface area contributed by atoms with Crippen molar-refractivity contribution in [2.24, 2.45) is 4.99 Å². The van der Waals surface area contributed by atoms with E-state index in [1.165, 1.54) is 6.07 Å². The molecule has 7 heteroatoms. The molecule has 1 aromatic heterocycles. The summed E-state index contributed by atoms with van der Waals surface area (Å²) in [5, 5.41) is 25.1. The molecule has 178 valence electrons. The van der Waals surface area contributed by atoms with Gasteiger partial charge in [-0.15, -0.1) is 0 Å². The van der Waals surface area contributed by atoms with Gasteiger partial charge in [0.15, 0.2) is 11.6 Å². The number of ketones is 2. The fourth-order valence-corrected chi connectivity index (χ4v) is 4.90. The first-order valence-electron chi connectivity index (χ1n) is 11.9. The van der Waals surface area contributed by atoms with Crippen molar-refractivity contribution in [2.75, 3.05) is 0 Å². The molecule has 0 saturated heterocycles. The monoisotopic (exact) mass is 470 g/mol. The Bertz CT molecular complexity index is 1340. The summed E-state index contributed by atoms with van der Waals surface area (Å²) in [5.41, 5.74) is 3.13. The van der Waals surface area contributed by atoms with E-state index in [1.807, 2.05) is 30.3 Å². The number of aromatic hydroxyl groups is 1. The maximum absolute atomic E-state index is 13.0. The maximum atomic E-state index is 13.0. The third-order valence-corrected chi connectivity index (χ3v) is 6.66. The average Bonchev–Trinajstić information content (AvgIpc) is 3.28. The number of allylic oxidation sites excluding steroid dienone is 2. The minimum Gasteiger partial charge on any atom is -0.511 e. The second-order valence-corrected chi connectivity index (χ2v) is 9.01. The normalized spacial score (nSPS) is 20.7. The van der Waals surface area contributed by atoms with Crippen LogP contribution in [0, 0.1) is 0 Å². The molecule has 35 heavy (non-hydrogen) atoms. The summed E-state index contributed by atoms with van der Waals surface area (Å²) >= 11 is 0. The van der Waals surface area contributed by atoms with Gasteiger partial charge < -0.3 is 14.7 Å². The van der Waals surface area contributed by atoms with Crippen molar-refractivity contribution < 1.29 is 24.3 Å². The molecule has 1 atom stereocenters. The first-order valence-corrected chi connectivity index (χ1v) is 11.9. The van der Waals surface area contributed by atoms with E-state index in [9.17, 15) is 19.8 Å². The highest BCUT2D eigenvalue weighted by Gasteiger charge is 2.33. The van der Waals surface area contributed by atoms with Gasteiger partial charge in [0.2, 0.25) is 0 Å². The average molecular weight is 471 g/mol. The topological polar surface area (TPSA) is 113 Å². The van der Waals surface area contributed by atoms with Gasteiger partial charge in [0, 0.05) is 32.1 Å². The third kappa shape index (κ3) is 4.67. The number of rotatable bonds is 5. The molecule has 7 nitrogen and oxygen atoms in total. The number of carbonyl (C=O) groups excluding carboxylic acids is 2. The smallest absolute Gasteiger partial charge is 0.168 e. The number of phenolic OH excluding ortho intramolecular Hbond substituents is 1. The van der Waals surface area contributed by atoms with Gasteiger partial charge in [-0.05, 0) is 36.5 Å². The van der Waals surface area contributed by atoms with Crippen molar-refractivity contribution in [3.8, 4) is 5.75 Å². The first-order chi connectivity index (χ1) is 17.0. The van der Waals surface area contributed by atoms with Crippen LogP contribution in [0.3, 0.4) is 0 Å². The summed E-state index contributed by atoms with van der Waals surface area (Å²) in [6.07, 6.45) is 2.88. The lowest BCUT2D eigenvalue weighted by molar-refractivity contribution is -0.115. The van der Waals surface area contributed by atoms with E-state index in [4.69, 9.17) is 4.52 Å². The summed E-state index contributed by atoms with van der Waals surface area (Å²) in [6, 6.07) is 16.5. The predicted octanol–water partition coefficient (Wildman–Crippen LogP) is 5.56. The Morgan fingerprint density at radius 3 is 2.57 bits per heavy atom. The molecule has 2 aromatic carbocycles. The second kappa shape index (κ2) is 9.70. The van der Waals surface area contributed by atoms with Crippen LogP contribution in [0.15, 0.2) is 75.4 Å². The number of para-hydroxylation sites is 2. The van der Waals surface area contributed by atoms with Gasteiger partial charge in [-0.25, -0.2) is 4.99 Å². The zero-order chi connectivity index (χ0) is 24.4. The van der Waals surface area contributed by atoms with E-state index in [0.717, 1.165) is 5.56 Å². The summed E-state index contributed by atoms with van der Waals surface area (Å²) in [6.45, 7) is 0. The number of fused-ring (bicyclic) bond motifs is 1. The Hall–Kier alpha value is -4.00. The van der Waals surface area contributed by atoms with Crippen LogP contribution in [-0.4, -0.2) is 32.6 Å². The molecule has 3 aromatic rings. The largest absolute Gasteiger partial charge is 0.511 e. The number of nitrogens with zero attached hydrogens (tertiary/aromatic N) is 2. The lowest BCUT2D eigenvalue weighted by Gasteiger charge is -2.20. The van der Waals surface area contributed by atoms with Gasteiger partial charge in [0.05, 0.1) is 22.5 Å². The molecule has 1 unspecified atom stereocenters. The van der Waals surface area contributed by atoms with E-state index in [0.29, 0.717) is 60.5 Å². The van der Waals surface area contributed by atoms with Crippen molar-refractivity contribution in [1.29, 1.82) is 0 Å². The molecule has 0 spiro atoms. The summed E-state index contributed by atoms with van der Waals surface area (Å²) in [7, 11) is 0.